The number of benzene rings is 2. The van der Waals surface area contributed by atoms with Crippen LogP contribution in [-0.4, -0.2) is 5.78 Å². The van der Waals surface area contributed by atoms with Crippen LogP contribution in [0.5, 0.6) is 5.75 Å². The Kier molecular flexibility index (Phi) is 3.57. The lowest BCUT2D eigenvalue weighted by Crippen LogP contribution is -1.99. The molecule has 0 saturated heterocycles. The molecule has 0 amide bonds. The summed E-state index contributed by atoms with van der Waals surface area (Å²) in [4.78, 5) is 11.5. The molecule has 0 atom stereocenters. The van der Waals surface area contributed by atoms with Crippen LogP contribution in [0.3, 0.4) is 0 Å². The average Bonchev–Trinajstić information content (AvgIpc) is 2.79. The monoisotopic (exact) mass is 334 g/mol. The minimum Gasteiger partial charge on any atom is -0.489 e. The average molecular weight is 335 g/mol. The van der Waals surface area contributed by atoms with Crippen LogP contribution in [0.2, 0.25) is 0 Å². The van der Waals surface area contributed by atoms with E-state index in [1.807, 2.05) is 6.07 Å². The molecule has 0 heterocycles. The second-order valence-electron chi connectivity index (χ2n) is 4.77. The van der Waals surface area contributed by atoms with Crippen molar-refractivity contribution >= 4 is 21.7 Å². The van der Waals surface area contributed by atoms with Gasteiger partial charge in [0.2, 0.25) is 0 Å². The molecule has 4 heteroatoms. The van der Waals surface area contributed by atoms with Gasteiger partial charge in [0.25, 0.3) is 0 Å². The maximum Gasteiger partial charge on any atom is 0.163 e. The summed E-state index contributed by atoms with van der Waals surface area (Å²) in [6, 6.07) is 10.3. The van der Waals surface area contributed by atoms with Crippen LogP contribution < -0.4 is 4.74 Å². The number of hydrogen-bond acceptors (Lipinski definition) is 2. The Hall–Kier alpha value is -1.68. The summed E-state index contributed by atoms with van der Waals surface area (Å²) >= 11 is 3.22. The smallest absolute Gasteiger partial charge is 0.163 e. The van der Waals surface area contributed by atoms with E-state index >= 15 is 0 Å². The van der Waals surface area contributed by atoms with Gasteiger partial charge in [-0.25, -0.2) is 4.39 Å². The number of ether oxygens (including phenoxy) is 1. The molecule has 0 unspecified atom stereocenters. The summed E-state index contributed by atoms with van der Waals surface area (Å²) < 4.78 is 20.0. The number of carbonyl (C=O) groups is 1. The number of rotatable bonds is 3. The predicted octanol–water partition coefficient (Wildman–Crippen LogP) is 4.30. The zero-order valence-electron chi connectivity index (χ0n) is 10.7. The molecule has 0 aliphatic heterocycles. The van der Waals surface area contributed by atoms with Gasteiger partial charge >= 0.3 is 0 Å². The van der Waals surface area contributed by atoms with Crippen molar-refractivity contribution in [2.24, 2.45) is 0 Å². The molecule has 102 valence electrons. The Labute approximate surface area is 124 Å². The Bertz CT molecular complexity index is 682. The minimum atomic E-state index is -0.296. The zero-order chi connectivity index (χ0) is 14.1. The summed E-state index contributed by atoms with van der Waals surface area (Å²) in [5.41, 5.74) is 2.31. The van der Waals surface area contributed by atoms with Gasteiger partial charge in [-0.05, 0) is 42.3 Å². The normalized spacial score (nSPS) is 13.4. The van der Waals surface area contributed by atoms with Crippen molar-refractivity contribution in [3.63, 3.8) is 0 Å². The molecule has 1 aliphatic carbocycles. The van der Waals surface area contributed by atoms with Gasteiger partial charge in [-0.1, -0.05) is 22.0 Å². The number of Topliss-reactive ketones (excluding diaryl/α,β-unsaturated/α-hetero) is 1. The van der Waals surface area contributed by atoms with Crippen LogP contribution in [0.1, 0.15) is 27.9 Å². The van der Waals surface area contributed by atoms with Crippen molar-refractivity contribution in [2.45, 2.75) is 19.4 Å². The molecule has 0 bridgehead atoms. The molecule has 2 aromatic rings. The SMILES string of the molecule is O=C1CCc2cc(OCc3ccc(Br)cc3F)ccc21. The highest BCUT2D eigenvalue weighted by Gasteiger charge is 2.19. The molecule has 0 spiro atoms. The van der Waals surface area contributed by atoms with Crippen LogP contribution in [0.15, 0.2) is 40.9 Å². The molecule has 0 saturated carbocycles. The van der Waals surface area contributed by atoms with Gasteiger partial charge in [0, 0.05) is 22.0 Å². The third-order valence-electron chi connectivity index (χ3n) is 3.41. The van der Waals surface area contributed by atoms with E-state index in [4.69, 9.17) is 4.74 Å². The Morgan fingerprint density at radius 2 is 2.00 bits per heavy atom. The standard InChI is InChI=1S/C16H12BrFO2/c17-12-3-1-11(15(18)8-12)9-20-13-4-5-14-10(7-13)2-6-16(14)19/h1,3-5,7-8H,2,6,9H2. The Morgan fingerprint density at radius 1 is 1.15 bits per heavy atom. The number of carbonyl (C=O) groups excluding carboxylic acids is 1. The van der Waals surface area contributed by atoms with E-state index in [2.05, 4.69) is 15.9 Å². The molecule has 2 nitrogen and oxygen atoms in total. The fourth-order valence-electron chi connectivity index (χ4n) is 2.32. The fourth-order valence-corrected chi connectivity index (χ4v) is 2.65. The van der Waals surface area contributed by atoms with Gasteiger partial charge < -0.3 is 4.74 Å². The molecule has 0 N–H and O–H groups in total. The van der Waals surface area contributed by atoms with Crippen LogP contribution in [0.25, 0.3) is 0 Å². The van der Waals surface area contributed by atoms with Crippen LogP contribution >= 0.6 is 15.9 Å². The molecule has 0 fully saturated rings. The molecule has 1 aliphatic rings. The first kappa shape index (κ1) is 13.3. The number of fused-ring (bicyclic) bond motifs is 1. The first-order chi connectivity index (χ1) is 9.63. The van der Waals surface area contributed by atoms with Crippen LogP contribution in [-0.2, 0) is 13.0 Å². The van der Waals surface area contributed by atoms with Crippen LogP contribution in [0, 0.1) is 5.82 Å². The van der Waals surface area contributed by atoms with Crippen molar-refractivity contribution in [2.75, 3.05) is 0 Å². The first-order valence-electron chi connectivity index (χ1n) is 6.36. The minimum absolute atomic E-state index is 0.172. The second-order valence-corrected chi connectivity index (χ2v) is 5.68. The number of ketones is 1. The van der Waals surface area contributed by atoms with E-state index in [0.717, 1.165) is 17.5 Å². The van der Waals surface area contributed by atoms with Gasteiger partial charge in [-0.3, -0.25) is 4.79 Å². The van der Waals surface area contributed by atoms with E-state index < -0.39 is 0 Å². The van der Waals surface area contributed by atoms with Gasteiger partial charge in [0.15, 0.2) is 5.78 Å². The van der Waals surface area contributed by atoms with E-state index in [1.54, 1.807) is 24.3 Å². The molecule has 20 heavy (non-hydrogen) atoms. The highest BCUT2D eigenvalue weighted by atomic mass is 79.9. The highest BCUT2D eigenvalue weighted by molar-refractivity contribution is 9.10. The highest BCUT2D eigenvalue weighted by Crippen LogP contribution is 2.27. The zero-order valence-corrected chi connectivity index (χ0v) is 12.2. The lowest BCUT2D eigenvalue weighted by Gasteiger charge is -2.09. The molecule has 0 aromatic heterocycles. The van der Waals surface area contributed by atoms with Gasteiger partial charge in [-0.15, -0.1) is 0 Å². The molecule has 3 rings (SSSR count). The van der Waals surface area contributed by atoms with Crippen molar-refractivity contribution in [1.82, 2.24) is 0 Å². The summed E-state index contributed by atoms with van der Waals surface area (Å²) in [5, 5.41) is 0. The first-order valence-corrected chi connectivity index (χ1v) is 7.15. The van der Waals surface area contributed by atoms with E-state index in [0.29, 0.717) is 22.2 Å². The lowest BCUT2D eigenvalue weighted by molar-refractivity contribution is 0.0994. The molecular weight excluding hydrogens is 323 g/mol. The van der Waals surface area contributed by atoms with Crippen LogP contribution in [0.4, 0.5) is 4.39 Å². The van der Waals surface area contributed by atoms with Gasteiger partial charge in [0.1, 0.15) is 18.2 Å². The summed E-state index contributed by atoms with van der Waals surface area (Å²) in [6.07, 6.45) is 1.33. The third kappa shape index (κ3) is 2.61. The van der Waals surface area contributed by atoms with Crippen molar-refractivity contribution in [1.29, 1.82) is 0 Å². The predicted molar refractivity (Wildman–Crippen MR) is 77.5 cm³/mol. The van der Waals surface area contributed by atoms with E-state index in [1.165, 1.54) is 6.07 Å². The van der Waals surface area contributed by atoms with E-state index in [9.17, 15) is 9.18 Å². The number of hydrogen-bond donors (Lipinski definition) is 0. The Balaban J connectivity index is 1.74. The van der Waals surface area contributed by atoms with Crippen molar-refractivity contribution in [3.05, 3.63) is 63.4 Å². The van der Waals surface area contributed by atoms with Gasteiger partial charge in [0.05, 0.1) is 0 Å². The molecule has 0 radical (unpaired) electrons. The quantitative estimate of drug-likeness (QED) is 0.836. The van der Waals surface area contributed by atoms with Crippen molar-refractivity contribution in [3.8, 4) is 5.75 Å². The number of aryl methyl sites for hydroxylation is 1. The summed E-state index contributed by atoms with van der Waals surface area (Å²) in [6.45, 7) is 0.172. The van der Waals surface area contributed by atoms with E-state index in [-0.39, 0.29) is 18.2 Å². The summed E-state index contributed by atoms with van der Waals surface area (Å²) in [7, 11) is 0. The second kappa shape index (κ2) is 5.37. The topological polar surface area (TPSA) is 26.3 Å². The maximum atomic E-state index is 13.7. The lowest BCUT2D eigenvalue weighted by atomic mass is 10.1. The third-order valence-corrected chi connectivity index (χ3v) is 3.90. The van der Waals surface area contributed by atoms with Crippen molar-refractivity contribution < 1.29 is 13.9 Å². The maximum absolute atomic E-state index is 13.7. The van der Waals surface area contributed by atoms with Gasteiger partial charge in [-0.2, -0.15) is 0 Å². The summed E-state index contributed by atoms with van der Waals surface area (Å²) in [5.74, 6) is 0.557. The molecular formula is C16H12BrFO2. The number of halogens is 2. The fraction of sp³-hybridized carbons (Fsp3) is 0.188. The largest absolute Gasteiger partial charge is 0.489 e. The Morgan fingerprint density at radius 3 is 2.80 bits per heavy atom. The molecule has 2 aromatic carbocycles.